The Hall–Kier alpha value is -1.54. The third-order valence-corrected chi connectivity index (χ3v) is 3.52. The highest BCUT2D eigenvalue weighted by Gasteiger charge is 2.24. The van der Waals surface area contributed by atoms with Gasteiger partial charge in [-0.2, -0.15) is 0 Å². The largest absolute Gasteiger partial charge is 0.338 e. The van der Waals surface area contributed by atoms with Gasteiger partial charge in [0.1, 0.15) is 0 Å². The summed E-state index contributed by atoms with van der Waals surface area (Å²) in [6.45, 7) is 12.1. The van der Waals surface area contributed by atoms with Gasteiger partial charge in [-0.25, -0.2) is 0 Å². The molecule has 0 saturated carbocycles. The van der Waals surface area contributed by atoms with Crippen molar-refractivity contribution in [1.82, 2.24) is 4.81 Å². The van der Waals surface area contributed by atoms with Crippen LogP contribution >= 0.6 is 0 Å². The average molecular weight is 253 g/mol. The SMILES string of the molecule is C=CCB(CC=C)N(C)C(CC=C)c1ccccc1. The summed E-state index contributed by atoms with van der Waals surface area (Å²) in [5, 5.41) is 0. The van der Waals surface area contributed by atoms with Gasteiger partial charge in [0.15, 0.2) is 0 Å². The molecule has 0 aromatic heterocycles. The van der Waals surface area contributed by atoms with Gasteiger partial charge in [0.05, 0.1) is 0 Å². The summed E-state index contributed by atoms with van der Waals surface area (Å²) in [5.74, 6) is 0. The minimum atomic E-state index is 0.364. The van der Waals surface area contributed by atoms with Crippen LogP contribution < -0.4 is 0 Å². The van der Waals surface area contributed by atoms with Crippen LogP contribution in [0.25, 0.3) is 0 Å². The molecule has 0 bridgehead atoms. The second kappa shape index (κ2) is 8.55. The number of nitrogens with zero attached hydrogens (tertiary/aromatic N) is 1. The van der Waals surface area contributed by atoms with Gasteiger partial charge < -0.3 is 4.81 Å². The number of rotatable bonds is 9. The zero-order valence-corrected chi connectivity index (χ0v) is 12.0. The second-order valence-corrected chi connectivity index (χ2v) is 4.82. The fourth-order valence-corrected chi connectivity index (χ4v) is 2.44. The van der Waals surface area contributed by atoms with E-state index >= 15 is 0 Å². The molecule has 100 valence electrons. The van der Waals surface area contributed by atoms with Crippen molar-refractivity contribution < 1.29 is 0 Å². The van der Waals surface area contributed by atoms with E-state index in [1.165, 1.54) is 5.56 Å². The standard InChI is InChI=1S/C17H24BN/c1-5-11-17(16-12-9-8-10-13-16)19(4)18(14-6-2)15-7-3/h5-10,12-13,17H,1-3,11,14-15H2,4H3. The van der Waals surface area contributed by atoms with Crippen molar-refractivity contribution >= 4 is 6.85 Å². The molecule has 2 heteroatoms. The first-order valence-corrected chi connectivity index (χ1v) is 6.84. The summed E-state index contributed by atoms with van der Waals surface area (Å²) in [6, 6.07) is 11.0. The highest BCUT2D eigenvalue weighted by atomic mass is 15.1. The van der Waals surface area contributed by atoms with Crippen molar-refractivity contribution in [2.24, 2.45) is 0 Å². The molecule has 0 amide bonds. The van der Waals surface area contributed by atoms with Gasteiger partial charge in [0.25, 0.3) is 0 Å². The normalized spacial score (nSPS) is 11.9. The molecule has 1 aromatic rings. The zero-order valence-electron chi connectivity index (χ0n) is 12.0. The van der Waals surface area contributed by atoms with E-state index in [9.17, 15) is 0 Å². The van der Waals surface area contributed by atoms with Gasteiger partial charge in [-0.3, -0.25) is 0 Å². The molecule has 0 aliphatic rings. The van der Waals surface area contributed by atoms with E-state index in [1.807, 2.05) is 18.2 Å². The van der Waals surface area contributed by atoms with Gasteiger partial charge >= 0.3 is 0 Å². The third-order valence-electron chi connectivity index (χ3n) is 3.52. The molecule has 0 aliphatic carbocycles. The van der Waals surface area contributed by atoms with E-state index in [0.29, 0.717) is 12.9 Å². The maximum atomic E-state index is 3.89. The monoisotopic (exact) mass is 253 g/mol. The minimum Gasteiger partial charge on any atom is -0.338 e. The molecule has 0 aliphatic heterocycles. The highest BCUT2D eigenvalue weighted by molar-refractivity contribution is 6.56. The molecular formula is C17H24BN. The lowest BCUT2D eigenvalue weighted by molar-refractivity contribution is 0.388. The molecule has 1 rings (SSSR count). The van der Waals surface area contributed by atoms with E-state index in [-0.39, 0.29) is 0 Å². The molecule has 1 nitrogen and oxygen atoms in total. The molecule has 0 heterocycles. The summed E-state index contributed by atoms with van der Waals surface area (Å²) in [6.07, 6.45) is 8.87. The minimum absolute atomic E-state index is 0.364. The van der Waals surface area contributed by atoms with Crippen LogP contribution in [-0.4, -0.2) is 18.7 Å². The Bertz CT molecular complexity index is 389. The lowest BCUT2D eigenvalue weighted by Gasteiger charge is -2.32. The predicted molar refractivity (Wildman–Crippen MR) is 87.5 cm³/mol. The molecule has 1 aromatic carbocycles. The summed E-state index contributed by atoms with van der Waals surface area (Å²) < 4.78 is 0. The Labute approximate surface area is 118 Å². The summed E-state index contributed by atoms with van der Waals surface area (Å²) in [7, 11) is 2.18. The smallest absolute Gasteiger partial charge is 0.231 e. The Balaban J connectivity index is 2.93. The molecule has 0 fully saturated rings. The number of hydrogen-bond acceptors (Lipinski definition) is 1. The van der Waals surface area contributed by atoms with E-state index in [0.717, 1.165) is 19.1 Å². The van der Waals surface area contributed by atoms with E-state index < -0.39 is 0 Å². The van der Waals surface area contributed by atoms with Gasteiger partial charge in [-0.05, 0) is 31.7 Å². The van der Waals surface area contributed by atoms with Crippen LogP contribution in [0.5, 0.6) is 0 Å². The van der Waals surface area contributed by atoms with E-state index in [2.05, 4.69) is 61.9 Å². The number of allylic oxidation sites excluding steroid dienone is 2. The first kappa shape index (κ1) is 15.5. The van der Waals surface area contributed by atoms with Crippen LogP contribution in [0.2, 0.25) is 12.6 Å². The fraction of sp³-hybridized carbons (Fsp3) is 0.294. The van der Waals surface area contributed by atoms with Crippen molar-refractivity contribution in [3.63, 3.8) is 0 Å². The molecule has 1 atom stereocenters. The quantitative estimate of drug-likeness (QED) is 0.459. The van der Waals surface area contributed by atoms with Crippen molar-refractivity contribution in [2.45, 2.75) is 25.1 Å². The molecule has 1 unspecified atom stereocenters. The molecule has 0 saturated heterocycles. The average Bonchev–Trinajstić information content (AvgIpc) is 2.45. The van der Waals surface area contributed by atoms with Crippen LogP contribution in [0.4, 0.5) is 0 Å². The van der Waals surface area contributed by atoms with Crippen molar-refractivity contribution in [1.29, 1.82) is 0 Å². The molecule has 0 radical (unpaired) electrons. The van der Waals surface area contributed by atoms with Crippen LogP contribution in [-0.2, 0) is 0 Å². The first-order valence-electron chi connectivity index (χ1n) is 6.84. The zero-order chi connectivity index (χ0) is 14.1. The van der Waals surface area contributed by atoms with Crippen molar-refractivity contribution in [2.75, 3.05) is 7.05 Å². The lowest BCUT2D eigenvalue weighted by Crippen LogP contribution is -2.38. The van der Waals surface area contributed by atoms with Crippen molar-refractivity contribution in [3.8, 4) is 0 Å². The molecule has 0 spiro atoms. The number of hydrogen-bond donors (Lipinski definition) is 0. The maximum absolute atomic E-state index is 3.89. The van der Waals surface area contributed by atoms with E-state index in [4.69, 9.17) is 0 Å². The summed E-state index contributed by atoms with van der Waals surface area (Å²) in [5.41, 5.74) is 1.34. The number of benzene rings is 1. The van der Waals surface area contributed by atoms with Gasteiger partial charge in [0.2, 0.25) is 6.85 Å². The van der Waals surface area contributed by atoms with Crippen molar-refractivity contribution in [3.05, 3.63) is 73.9 Å². The predicted octanol–water partition coefficient (Wildman–Crippen LogP) is 4.60. The van der Waals surface area contributed by atoms with Gasteiger partial charge in [-0.1, -0.05) is 48.6 Å². The first-order chi connectivity index (χ1) is 9.24. The lowest BCUT2D eigenvalue weighted by atomic mass is 9.54. The summed E-state index contributed by atoms with van der Waals surface area (Å²) >= 11 is 0. The molecular weight excluding hydrogens is 229 g/mol. The van der Waals surface area contributed by atoms with Gasteiger partial charge in [0, 0.05) is 6.04 Å². The Morgan fingerprint density at radius 1 is 1.05 bits per heavy atom. The van der Waals surface area contributed by atoms with Crippen LogP contribution in [0.15, 0.2) is 68.3 Å². The maximum Gasteiger partial charge on any atom is 0.231 e. The second-order valence-electron chi connectivity index (χ2n) is 4.82. The molecule has 19 heavy (non-hydrogen) atoms. The van der Waals surface area contributed by atoms with Crippen LogP contribution in [0.3, 0.4) is 0 Å². The van der Waals surface area contributed by atoms with Crippen LogP contribution in [0, 0.1) is 0 Å². The Kier molecular flexibility index (Phi) is 6.98. The van der Waals surface area contributed by atoms with E-state index in [1.54, 1.807) is 0 Å². The third kappa shape index (κ3) is 4.57. The molecule has 0 N–H and O–H groups in total. The topological polar surface area (TPSA) is 3.24 Å². The highest BCUT2D eigenvalue weighted by Crippen LogP contribution is 2.26. The Morgan fingerprint density at radius 2 is 1.63 bits per heavy atom. The summed E-state index contributed by atoms with van der Waals surface area (Å²) in [4.78, 5) is 2.42. The Morgan fingerprint density at radius 3 is 2.11 bits per heavy atom. The fourth-order valence-electron chi connectivity index (χ4n) is 2.44. The van der Waals surface area contributed by atoms with Crippen LogP contribution in [0.1, 0.15) is 18.0 Å². The van der Waals surface area contributed by atoms with Gasteiger partial charge in [-0.15, -0.1) is 19.7 Å².